The van der Waals surface area contributed by atoms with Crippen LogP contribution in [-0.2, 0) is 0 Å². The van der Waals surface area contributed by atoms with Gasteiger partial charge in [0.1, 0.15) is 6.07 Å². The number of hydrogen-bond donors (Lipinski definition) is 1. The monoisotopic (exact) mass is 277 g/mol. The molecule has 1 heterocycles. The number of rotatable bonds is 4. The van der Waals surface area contributed by atoms with E-state index in [1.54, 1.807) is 6.07 Å². The van der Waals surface area contributed by atoms with Crippen molar-refractivity contribution in [3.05, 3.63) is 28.8 Å². The van der Waals surface area contributed by atoms with Crippen molar-refractivity contribution in [2.45, 2.75) is 19.3 Å². The fraction of sp³-hybridized carbons (Fsp3) is 0.533. The van der Waals surface area contributed by atoms with Crippen LogP contribution in [-0.4, -0.2) is 31.6 Å². The highest BCUT2D eigenvalue weighted by molar-refractivity contribution is 6.32. The third-order valence-electron chi connectivity index (χ3n) is 3.83. The summed E-state index contributed by atoms with van der Waals surface area (Å²) in [7, 11) is 2.18. The maximum atomic E-state index is 9.10. The topological polar surface area (TPSA) is 39.1 Å². The summed E-state index contributed by atoms with van der Waals surface area (Å²) in [5.41, 5.74) is 1.40. The quantitative estimate of drug-likeness (QED) is 0.917. The van der Waals surface area contributed by atoms with E-state index < -0.39 is 0 Å². The smallest absolute Gasteiger partial charge is 0.103 e. The predicted molar refractivity (Wildman–Crippen MR) is 79.5 cm³/mol. The van der Waals surface area contributed by atoms with Crippen LogP contribution in [0.15, 0.2) is 18.2 Å². The van der Waals surface area contributed by atoms with Crippen molar-refractivity contribution in [2.75, 3.05) is 32.0 Å². The molecule has 0 bridgehead atoms. The van der Waals surface area contributed by atoms with Gasteiger partial charge >= 0.3 is 0 Å². The second kappa shape index (κ2) is 6.79. The van der Waals surface area contributed by atoms with Crippen molar-refractivity contribution in [1.82, 2.24) is 4.90 Å². The van der Waals surface area contributed by atoms with Gasteiger partial charge in [-0.15, -0.1) is 0 Å². The molecule has 0 aliphatic carbocycles. The lowest BCUT2D eigenvalue weighted by atomic mass is 9.94. The van der Waals surface area contributed by atoms with E-state index in [1.165, 1.54) is 25.9 Å². The molecule has 1 aliphatic rings. The Morgan fingerprint density at radius 3 is 2.84 bits per heavy atom. The van der Waals surface area contributed by atoms with Crippen LogP contribution in [0.1, 0.15) is 24.8 Å². The summed E-state index contributed by atoms with van der Waals surface area (Å²) < 4.78 is 0. The summed E-state index contributed by atoms with van der Waals surface area (Å²) in [4.78, 5) is 2.38. The molecule has 0 amide bonds. The number of likely N-dealkylation sites (tertiary alicyclic amines) is 1. The molecule has 0 unspecified atom stereocenters. The van der Waals surface area contributed by atoms with Crippen molar-refractivity contribution in [3.63, 3.8) is 0 Å². The van der Waals surface area contributed by atoms with Gasteiger partial charge in [0, 0.05) is 6.54 Å². The Kier molecular flexibility index (Phi) is 5.07. The minimum atomic E-state index is 0.520. The first kappa shape index (κ1) is 14.2. The summed E-state index contributed by atoms with van der Waals surface area (Å²) in [6.07, 6.45) is 3.71. The van der Waals surface area contributed by atoms with Gasteiger partial charge in [0.25, 0.3) is 0 Å². The molecule has 1 aromatic carbocycles. The summed E-state index contributed by atoms with van der Waals surface area (Å²) in [5, 5.41) is 13.0. The molecule has 19 heavy (non-hydrogen) atoms. The van der Waals surface area contributed by atoms with E-state index >= 15 is 0 Å². The van der Waals surface area contributed by atoms with Gasteiger partial charge in [-0.2, -0.15) is 5.26 Å². The molecule has 0 aromatic heterocycles. The average Bonchev–Trinajstić information content (AvgIpc) is 2.41. The van der Waals surface area contributed by atoms with Gasteiger partial charge in [-0.1, -0.05) is 17.7 Å². The van der Waals surface area contributed by atoms with Gasteiger partial charge in [-0.3, -0.25) is 0 Å². The molecular formula is C15H20ClN3. The van der Waals surface area contributed by atoms with Crippen molar-refractivity contribution in [1.29, 1.82) is 5.26 Å². The van der Waals surface area contributed by atoms with E-state index in [2.05, 4.69) is 23.3 Å². The molecule has 1 N–H and O–H groups in total. The normalized spacial score (nSPS) is 17.1. The van der Waals surface area contributed by atoms with Crippen LogP contribution in [0.5, 0.6) is 0 Å². The lowest BCUT2D eigenvalue weighted by Crippen LogP contribution is -2.30. The molecular weight excluding hydrogens is 258 g/mol. The molecule has 0 saturated carbocycles. The minimum absolute atomic E-state index is 0.520. The van der Waals surface area contributed by atoms with Gasteiger partial charge in [-0.05, 0) is 57.5 Å². The molecule has 4 heteroatoms. The molecule has 1 aromatic rings. The third-order valence-corrected chi connectivity index (χ3v) is 4.15. The zero-order valence-electron chi connectivity index (χ0n) is 11.3. The van der Waals surface area contributed by atoms with Crippen molar-refractivity contribution in [3.8, 4) is 6.07 Å². The van der Waals surface area contributed by atoms with Crippen LogP contribution in [0.4, 0.5) is 5.69 Å². The molecule has 1 fully saturated rings. The number of benzene rings is 1. The highest BCUT2D eigenvalue weighted by atomic mass is 35.5. The highest BCUT2D eigenvalue weighted by Crippen LogP contribution is 2.24. The van der Waals surface area contributed by atoms with E-state index in [-0.39, 0.29) is 0 Å². The Bertz CT molecular complexity index is 459. The highest BCUT2D eigenvalue weighted by Gasteiger charge is 2.16. The summed E-state index contributed by atoms with van der Waals surface area (Å²) >= 11 is 6.01. The lowest BCUT2D eigenvalue weighted by Gasteiger charge is -2.29. The Labute approximate surface area is 120 Å². The number of halogens is 1. The summed E-state index contributed by atoms with van der Waals surface area (Å²) in [6, 6.07) is 7.70. The van der Waals surface area contributed by atoms with Crippen LogP contribution in [0.2, 0.25) is 5.02 Å². The first-order valence-corrected chi connectivity index (χ1v) is 7.19. The Hall–Kier alpha value is -1.24. The van der Waals surface area contributed by atoms with Crippen LogP contribution in [0.25, 0.3) is 0 Å². The van der Waals surface area contributed by atoms with E-state index in [0.717, 1.165) is 24.6 Å². The number of nitrogens with zero attached hydrogens (tertiary/aromatic N) is 2. The maximum absolute atomic E-state index is 9.10. The number of nitriles is 1. The van der Waals surface area contributed by atoms with E-state index in [9.17, 15) is 0 Å². The van der Waals surface area contributed by atoms with Crippen LogP contribution < -0.4 is 5.32 Å². The molecule has 1 saturated heterocycles. The zero-order chi connectivity index (χ0) is 13.7. The Balaban J connectivity index is 1.83. The second-order valence-corrected chi connectivity index (χ2v) is 5.64. The molecule has 0 radical (unpaired) electrons. The van der Waals surface area contributed by atoms with Gasteiger partial charge in [0.15, 0.2) is 0 Å². The SMILES string of the molecule is CN1CCC(CCNc2cccc(Cl)c2C#N)CC1. The molecule has 0 atom stereocenters. The van der Waals surface area contributed by atoms with Gasteiger partial charge in [0.05, 0.1) is 16.3 Å². The second-order valence-electron chi connectivity index (χ2n) is 5.24. The molecule has 102 valence electrons. The first-order valence-electron chi connectivity index (χ1n) is 6.81. The number of nitrogens with one attached hydrogen (secondary N) is 1. The van der Waals surface area contributed by atoms with Crippen molar-refractivity contribution in [2.24, 2.45) is 5.92 Å². The molecule has 1 aliphatic heterocycles. The van der Waals surface area contributed by atoms with Gasteiger partial charge in [-0.25, -0.2) is 0 Å². The maximum Gasteiger partial charge on any atom is 0.103 e. The fourth-order valence-electron chi connectivity index (χ4n) is 2.55. The zero-order valence-corrected chi connectivity index (χ0v) is 12.1. The molecule has 2 rings (SSSR count). The van der Waals surface area contributed by atoms with Crippen LogP contribution in [0.3, 0.4) is 0 Å². The number of piperidine rings is 1. The Morgan fingerprint density at radius 1 is 1.42 bits per heavy atom. The minimum Gasteiger partial charge on any atom is -0.384 e. The third kappa shape index (κ3) is 3.86. The van der Waals surface area contributed by atoms with Crippen LogP contribution >= 0.6 is 11.6 Å². The molecule has 0 spiro atoms. The van der Waals surface area contributed by atoms with Gasteiger partial charge in [0.2, 0.25) is 0 Å². The summed E-state index contributed by atoms with van der Waals surface area (Å²) in [5.74, 6) is 0.799. The number of hydrogen-bond acceptors (Lipinski definition) is 3. The van der Waals surface area contributed by atoms with E-state index in [0.29, 0.717) is 10.6 Å². The Morgan fingerprint density at radius 2 is 2.16 bits per heavy atom. The van der Waals surface area contributed by atoms with Gasteiger partial charge < -0.3 is 10.2 Å². The fourth-order valence-corrected chi connectivity index (χ4v) is 2.76. The van der Waals surface area contributed by atoms with E-state index in [4.69, 9.17) is 16.9 Å². The average molecular weight is 278 g/mol. The summed E-state index contributed by atoms with van der Waals surface area (Å²) in [6.45, 7) is 3.31. The van der Waals surface area contributed by atoms with E-state index in [1.807, 2.05) is 12.1 Å². The first-order chi connectivity index (χ1) is 9.20. The lowest BCUT2D eigenvalue weighted by molar-refractivity contribution is 0.215. The van der Waals surface area contributed by atoms with Crippen LogP contribution in [0, 0.1) is 17.2 Å². The largest absolute Gasteiger partial charge is 0.384 e. The van der Waals surface area contributed by atoms with Crippen molar-refractivity contribution >= 4 is 17.3 Å². The van der Waals surface area contributed by atoms with Crippen molar-refractivity contribution < 1.29 is 0 Å². The number of anilines is 1. The molecule has 3 nitrogen and oxygen atoms in total. The standard InChI is InChI=1S/C15H20ClN3/c1-19-9-6-12(7-10-19)5-8-18-15-4-2-3-14(16)13(15)11-17/h2-4,12,18H,5-10H2,1H3. The predicted octanol–water partition coefficient (Wildman–Crippen LogP) is 3.36.